The van der Waals surface area contributed by atoms with Gasteiger partial charge >= 0.3 is 6.18 Å². The first-order chi connectivity index (χ1) is 22.2. The molecule has 0 spiro atoms. The molecular formula is C34H33F3N8O. The summed E-state index contributed by atoms with van der Waals surface area (Å²) in [5, 5.41) is 9.17. The number of aromatic nitrogens is 4. The van der Waals surface area contributed by atoms with Crippen LogP contribution in [0.25, 0.3) is 11.0 Å². The van der Waals surface area contributed by atoms with Gasteiger partial charge in [-0.2, -0.15) is 13.2 Å². The highest BCUT2D eigenvalue weighted by Gasteiger charge is 2.31. The molecule has 12 heteroatoms. The third-order valence-corrected chi connectivity index (χ3v) is 7.85. The van der Waals surface area contributed by atoms with Crippen LogP contribution < -0.4 is 16.0 Å². The summed E-state index contributed by atoms with van der Waals surface area (Å²) >= 11 is 0. The van der Waals surface area contributed by atoms with E-state index in [-0.39, 0.29) is 11.3 Å². The van der Waals surface area contributed by atoms with Crippen molar-refractivity contribution in [1.82, 2.24) is 24.8 Å². The second-order valence-electron chi connectivity index (χ2n) is 11.3. The van der Waals surface area contributed by atoms with Crippen LogP contribution in [0.15, 0.2) is 79.3 Å². The minimum Gasteiger partial charge on any atom is -0.354 e. The van der Waals surface area contributed by atoms with Crippen molar-refractivity contribution < 1.29 is 18.0 Å². The molecule has 5 aromatic rings. The number of hydrogen-bond donors (Lipinski definition) is 3. The highest BCUT2D eigenvalue weighted by molar-refractivity contribution is 6.05. The molecular weight excluding hydrogens is 593 g/mol. The molecule has 0 saturated carbocycles. The summed E-state index contributed by atoms with van der Waals surface area (Å²) in [5.74, 6) is 0.314. The van der Waals surface area contributed by atoms with E-state index in [2.05, 4.69) is 52.9 Å². The van der Waals surface area contributed by atoms with Crippen molar-refractivity contribution in [2.24, 2.45) is 0 Å². The molecule has 2 aromatic heterocycles. The second kappa shape index (κ2) is 13.5. The fourth-order valence-electron chi connectivity index (χ4n) is 5.44. The fourth-order valence-corrected chi connectivity index (χ4v) is 5.44. The normalized spacial score (nSPS) is 13.6. The first kappa shape index (κ1) is 30.9. The number of amides is 1. The largest absolute Gasteiger partial charge is 0.416 e. The number of aryl methyl sites for hydroxylation is 1. The highest BCUT2D eigenvalue weighted by Crippen LogP contribution is 2.33. The van der Waals surface area contributed by atoms with Gasteiger partial charge in [-0.1, -0.05) is 36.4 Å². The molecule has 1 fully saturated rings. The van der Waals surface area contributed by atoms with Crippen LogP contribution in [0.3, 0.4) is 0 Å². The molecule has 1 aliphatic heterocycles. The van der Waals surface area contributed by atoms with Crippen molar-refractivity contribution >= 4 is 40.1 Å². The van der Waals surface area contributed by atoms with Crippen LogP contribution in [0.2, 0.25) is 0 Å². The molecule has 0 unspecified atom stereocenters. The number of rotatable bonds is 10. The maximum atomic E-state index is 13.7. The number of carbonyl (C=O) groups excluding carboxylic acids is 1. The van der Waals surface area contributed by atoms with Crippen molar-refractivity contribution in [1.29, 1.82) is 0 Å². The maximum absolute atomic E-state index is 13.7. The quantitative estimate of drug-likeness (QED) is 0.152. The van der Waals surface area contributed by atoms with E-state index in [1.165, 1.54) is 11.9 Å². The van der Waals surface area contributed by atoms with Gasteiger partial charge in [0.1, 0.15) is 17.4 Å². The molecule has 0 bridgehead atoms. The molecule has 3 heterocycles. The maximum Gasteiger partial charge on any atom is 0.416 e. The van der Waals surface area contributed by atoms with Crippen molar-refractivity contribution in [3.8, 4) is 0 Å². The number of halogens is 3. The number of alkyl halides is 3. The molecule has 1 amide bonds. The van der Waals surface area contributed by atoms with E-state index in [1.54, 1.807) is 30.5 Å². The molecule has 3 aromatic carbocycles. The summed E-state index contributed by atoms with van der Waals surface area (Å²) in [6.45, 7) is 4.59. The van der Waals surface area contributed by atoms with Crippen LogP contribution in [0.4, 0.5) is 36.3 Å². The lowest BCUT2D eigenvalue weighted by atomic mass is 10.1. The monoisotopic (exact) mass is 626 g/mol. The Morgan fingerprint density at radius 2 is 1.74 bits per heavy atom. The van der Waals surface area contributed by atoms with Gasteiger partial charge in [-0.05, 0) is 86.3 Å². The van der Waals surface area contributed by atoms with Crippen LogP contribution in [-0.4, -0.2) is 50.4 Å². The predicted octanol–water partition coefficient (Wildman–Crippen LogP) is 6.99. The number of fused-ring (bicyclic) bond motifs is 1. The number of carbonyl (C=O) groups is 1. The molecule has 0 radical (unpaired) electrons. The summed E-state index contributed by atoms with van der Waals surface area (Å²) in [6, 6.07) is 18.8. The van der Waals surface area contributed by atoms with Crippen molar-refractivity contribution in [2.75, 3.05) is 35.6 Å². The minimum absolute atomic E-state index is 0.0925. The summed E-state index contributed by atoms with van der Waals surface area (Å²) in [6.07, 6.45) is 1.32. The van der Waals surface area contributed by atoms with E-state index < -0.39 is 17.6 Å². The van der Waals surface area contributed by atoms with Crippen LogP contribution in [-0.2, 0) is 19.1 Å². The average Bonchev–Trinajstić information content (AvgIpc) is 3.55. The Bertz CT molecular complexity index is 1840. The third-order valence-electron chi connectivity index (χ3n) is 7.85. The van der Waals surface area contributed by atoms with E-state index in [0.717, 1.165) is 50.0 Å². The molecule has 46 heavy (non-hydrogen) atoms. The Labute approximate surface area is 264 Å². The van der Waals surface area contributed by atoms with Gasteiger partial charge in [0.2, 0.25) is 5.95 Å². The molecule has 1 aliphatic rings. The number of nitrogens with zero attached hydrogens (tertiary/aromatic N) is 5. The lowest BCUT2D eigenvalue weighted by molar-refractivity contribution is -0.137. The van der Waals surface area contributed by atoms with Crippen LogP contribution in [0.5, 0.6) is 0 Å². The van der Waals surface area contributed by atoms with Crippen LogP contribution >= 0.6 is 0 Å². The lowest BCUT2D eigenvalue weighted by Crippen LogP contribution is -2.19. The Kier molecular flexibility index (Phi) is 9.06. The number of nitrogens with one attached hydrogen (secondary N) is 3. The van der Waals surface area contributed by atoms with E-state index in [9.17, 15) is 18.0 Å². The first-order valence-corrected chi connectivity index (χ1v) is 15.1. The summed E-state index contributed by atoms with van der Waals surface area (Å²) in [4.78, 5) is 33.1. The number of benzene rings is 3. The van der Waals surface area contributed by atoms with Crippen LogP contribution in [0, 0.1) is 6.92 Å². The summed E-state index contributed by atoms with van der Waals surface area (Å²) in [7, 11) is 0. The standard InChI is InChI=1S/C34H33F3N8O/c1-22-9-10-25(32(46)42-27-16-24(20-45-13-5-6-14-45)15-26(18-27)34(35,36)37)17-28(22)43-31-30-29(40-21-41-31)19-39-33(44-30)38-12-11-23-7-3-2-4-8-23/h2-4,7-10,15-19,21H,5-6,11-14,20H2,1H3,(H,42,46)(H,38,39,44)(H,40,41,43). The van der Waals surface area contributed by atoms with E-state index in [1.807, 2.05) is 25.1 Å². The third kappa shape index (κ3) is 7.57. The topological polar surface area (TPSA) is 108 Å². The average molecular weight is 627 g/mol. The minimum atomic E-state index is -4.54. The van der Waals surface area contributed by atoms with Crippen molar-refractivity contribution in [2.45, 2.75) is 38.9 Å². The number of hydrogen-bond acceptors (Lipinski definition) is 8. The highest BCUT2D eigenvalue weighted by atomic mass is 19.4. The zero-order valence-corrected chi connectivity index (χ0v) is 25.2. The van der Waals surface area contributed by atoms with E-state index in [0.29, 0.717) is 47.1 Å². The Morgan fingerprint density at radius 1 is 0.935 bits per heavy atom. The fraction of sp³-hybridized carbons (Fsp3) is 0.265. The molecule has 3 N–H and O–H groups in total. The van der Waals surface area contributed by atoms with Gasteiger partial charge in [-0.25, -0.2) is 19.9 Å². The van der Waals surface area contributed by atoms with Gasteiger partial charge in [-0.15, -0.1) is 0 Å². The lowest BCUT2D eigenvalue weighted by Gasteiger charge is -2.18. The first-order valence-electron chi connectivity index (χ1n) is 15.1. The molecule has 0 atom stereocenters. The van der Waals surface area contributed by atoms with E-state index >= 15 is 0 Å². The van der Waals surface area contributed by atoms with Crippen molar-refractivity contribution in [3.05, 3.63) is 107 Å². The molecule has 9 nitrogen and oxygen atoms in total. The Balaban J connectivity index is 1.20. The van der Waals surface area contributed by atoms with Gasteiger partial charge < -0.3 is 16.0 Å². The van der Waals surface area contributed by atoms with Gasteiger partial charge in [0.05, 0.1) is 11.8 Å². The molecule has 0 aliphatic carbocycles. The van der Waals surface area contributed by atoms with Gasteiger partial charge in [0.25, 0.3) is 5.91 Å². The number of anilines is 4. The zero-order chi connectivity index (χ0) is 32.1. The predicted molar refractivity (Wildman–Crippen MR) is 172 cm³/mol. The SMILES string of the molecule is Cc1ccc(C(=O)Nc2cc(CN3CCCC3)cc(C(F)(F)F)c2)cc1Nc1ncnc2cnc(NCCc3ccccc3)nc12. The Hall–Kier alpha value is -5.10. The molecule has 1 saturated heterocycles. The molecule has 6 rings (SSSR count). The smallest absolute Gasteiger partial charge is 0.354 e. The van der Waals surface area contributed by atoms with Crippen LogP contribution in [0.1, 0.15) is 45.5 Å². The Morgan fingerprint density at radius 3 is 2.52 bits per heavy atom. The number of likely N-dealkylation sites (tertiary alicyclic amines) is 1. The van der Waals surface area contributed by atoms with Gasteiger partial charge in [-0.3, -0.25) is 9.69 Å². The van der Waals surface area contributed by atoms with Crippen molar-refractivity contribution in [3.63, 3.8) is 0 Å². The summed E-state index contributed by atoms with van der Waals surface area (Å²) < 4.78 is 41.2. The zero-order valence-electron chi connectivity index (χ0n) is 25.2. The molecule has 236 valence electrons. The van der Waals surface area contributed by atoms with E-state index in [4.69, 9.17) is 0 Å². The van der Waals surface area contributed by atoms with Gasteiger partial charge in [0.15, 0.2) is 5.82 Å². The second-order valence-corrected chi connectivity index (χ2v) is 11.3. The van der Waals surface area contributed by atoms with Gasteiger partial charge in [0, 0.05) is 30.0 Å². The summed E-state index contributed by atoms with van der Waals surface area (Å²) in [5.41, 5.74) is 3.70.